The number of hydrogen-bond donors (Lipinski definition) is 6. The highest BCUT2D eigenvalue weighted by Crippen LogP contribution is 2.29. The largest absolute Gasteiger partial charge is 0.370 e. The van der Waals surface area contributed by atoms with Gasteiger partial charge in [-0.1, -0.05) is 78.9 Å². The first-order chi connectivity index (χ1) is 21.3. The van der Waals surface area contributed by atoms with Gasteiger partial charge >= 0.3 is 0 Å². The van der Waals surface area contributed by atoms with Gasteiger partial charge in [0.15, 0.2) is 17.3 Å². The number of guanidine groups is 1. The van der Waals surface area contributed by atoms with Gasteiger partial charge in [-0.25, -0.2) is 4.98 Å². The molecule has 10 nitrogen and oxygen atoms in total. The number of Topliss-reactive ketones (excluding diaryl/α,β-unsaturated/α-hetero) is 1. The maximum atomic E-state index is 14.4. The molecule has 5 rings (SSSR count). The van der Waals surface area contributed by atoms with E-state index in [9.17, 15) is 9.59 Å². The number of aliphatic imine (C=N–C) groups is 1. The second kappa shape index (κ2) is 13.5. The number of benzene rings is 4. The van der Waals surface area contributed by atoms with E-state index in [1.165, 1.54) is 0 Å². The summed E-state index contributed by atoms with van der Waals surface area (Å²) in [5, 5.41) is 10.1. The summed E-state index contributed by atoms with van der Waals surface area (Å²) in [5.41, 5.74) is 18.3. The lowest BCUT2D eigenvalue weighted by atomic mass is 9.82. The third kappa shape index (κ3) is 6.61. The van der Waals surface area contributed by atoms with Crippen LogP contribution in [-0.4, -0.2) is 39.7 Å². The minimum Gasteiger partial charge on any atom is -0.370 e. The van der Waals surface area contributed by atoms with Crippen LogP contribution >= 0.6 is 0 Å². The molecular formula is C34H38N8O2. The number of ketones is 1. The average Bonchev–Trinajstić information content (AvgIpc) is 3.56. The summed E-state index contributed by atoms with van der Waals surface area (Å²) in [7, 11) is 0. The molecular weight excluding hydrogens is 552 g/mol. The van der Waals surface area contributed by atoms with Gasteiger partial charge in [-0.2, -0.15) is 0 Å². The number of fused-ring (bicyclic) bond motifs is 2. The van der Waals surface area contributed by atoms with Crippen molar-refractivity contribution in [1.82, 2.24) is 20.6 Å². The topological polar surface area (TPSA) is 177 Å². The van der Waals surface area contributed by atoms with Gasteiger partial charge in [0.2, 0.25) is 5.91 Å². The van der Waals surface area contributed by atoms with E-state index in [0.717, 1.165) is 38.5 Å². The molecule has 0 bridgehead atoms. The Morgan fingerprint density at radius 1 is 0.932 bits per heavy atom. The van der Waals surface area contributed by atoms with Gasteiger partial charge in [-0.3, -0.25) is 14.6 Å². The lowest BCUT2D eigenvalue weighted by Crippen LogP contribution is -2.60. The van der Waals surface area contributed by atoms with E-state index in [1.54, 1.807) is 18.5 Å². The van der Waals surface area contributed by atoms with E-state index in [1.807, 2.05) is 79.7 Å². The summed E-state index contributed by atoms with van der Waals surface area (Å²) < 4.78 is 0. The van der Waals surface area contributed by atoms with Gasteiger partial charge in [-0.05, 0) is 52.4 Å². The molecule has 1 amide bonds. The van der Waals surface area contributed by atoms with Crippen LogP contribution in [0.2, 0.25) is 0 Å². The molecule has 4 aromatic carbocycles. The second-order valence-electron chi connectivity index (χ2n) is 10.9. The van der Waals surface area contributed by atoms with Crippen molar-refractivity contribution in [2.24, 2.45) is 22.2 Å². The molecule has 2 atom stereocenters. The highest BCUT2D eigenvalue weighted by Gasteiger charge is 2.43. The Hall–Kier alpha value is -5.06. The van der Waals surface area contributed by atoms with Crippen molar-refractivity contribution < 1.29 is 9.59 Å². The van der Waals surface area contributed by atoms with Crippen LogP contribution in [0.3, 0.4) is 0 Å². The van der Waals surface area contributed by atoms with E-state index < -0.39 is 23.3 Å². The first-order valence-electron chi connectivity index (χ1n) is 14.6. The molecule has 0 fully saturated rings. The van der Waals surface area contributed by atoms with Gasteiger partial charge in [-0.15, -0.1) is 0 Å². The molecule has 5 aromatic rings. The average molecular weight is 591 g/mol. The van der Waals surface area contributed by atoms with E-state index in [0.29, 0.717) is 25.1 Å². The van der Waals surface area contributed by atoms with Crippen LogP contribution in [0.25, 0.3) is 21.5 Å². The van der Waals surface area contributed by atoms with Crippen molar-refractivity contribution in [2.75, 3.05) is 6.54 Å². The number of hydrogen-bond acceptors (Lipinski definition) is 6. The van der Waals surface area contributed by atoms with E-state index in [4.69, 9.17) is 17.2 Å². The molecule has 10 heteroatoms. The number of carbonyl (C=O) groups excluding carboxylic acids is 2. The Balaban J connectivity index is 1.44. The number of aromatic nitrogens is 2. The molecule has 0 saturated carbocycles. The Labute approximate surface area is 256 Å². The maximum absolute atomic E-state index is 14.4. The zero-order valence-corrected chi connectivity index (χ0v) is 24.7. The molecule has 1 unspecified atom stereocenters. The Morgan fingerprint density at radius 2 is 1.66 bits per heavy atom. The van der Waals surface area contributed by atoms with Crippen molar-refractivity contribution >= 4 is 39.2 Å². The molecule has 0 aliphatic carbocycles. The first kappa shape index (κ1) is 30.4. The molecule has 226 valence electrons. The number of imidazole rings is 1. The quantitative estimate of drug-likeness (QED) is 0.0397. The standard InChI is InChI=1S/C34H38N8O2/c1-22(25-13-6-9-23-8-2-3-10-26(23)25)42-32(44)34(37,16-7-17-41-33(35)36)31(43)29-15-14-24(27-11-4-5-12-28(27)29)20-38-21-30-39-18-19-40-30/h2-6,8-15,18-19,22,38H,7,16-17,20-21,37H2,1H3,(H,39,40)(H,42,44)(H4,35,36,41)/t22-,34?/m0/s1. The van der Waals surface area contributed by atoms with Crippen LogP contribution in [0.15, 0.2) is 96.2 Å². The molecule has 0 aliphatic heterocycles. The van der Waals surface area contributed by atoms with Crippen LogP contribution in [-0.2, 0) is 17.9 Å². The highest BCUT2D eigenvalue weighted by molar-refractivity contribution is 6.22. The Kier molecular flexibility index (Phi) is 9.32. The third-order valence-electron chi connectivity index (χ3n) is 7.89. The van der Waals surface area contributed by atoms with E-state index in [2.05, 4.69) is 25.6 Å². The normalized spacial score (nSPS) is 13.3. The number of amides is 1. The number of nitrogens with two attached hydrogens (primary N) is 3. The molecule has 0 radical (unpaired) electrons. The highest BCUT2D eigenvalue weighted by atomic mass is 16.2. The summed E-state index contributed by atoms with van der Waals surface area (Å²) in [6.07, 6.45) is 3.88. The first-order valence-corrected chi connectivity index (χ1v) is 14.6. The third-order valence-corrected chi connectivity index (χ3v) is 7.89. The summed E-state index contributed by atoms with van der Waals surface area (Å²) in [5.74, 6) is -0.245. The fraction of sp³-hybridized carbons (Fsp3) is 0.235. The Bertz CT molecular complexity index is 1790. The summed E-state index contributed by atoms with van der Waals surface area (Å²) in [6, 6.07) is 24.8. The predicted molar refractivity (Wildman–Crippen MR) is 175 cm³/mol. The number of nitrogens with zero attached hydrogens (tertiary/aromatic N) is 2. The van der Waals surface area contributed by atoms with Gasteiger partial charge < -0.3 is 32.8 Å². The minimum atomic E-state index is -1.86. The van der Waals surface area contributed by atoms with Crippen molar-refractivity contribution in [2.45, 2.75) is 44.4 Å². The fourth-order valence-electron chi connectivity index (χ4n) is 5.59. The zero-order valence-electron chi connectivity index (χ0n) is 24.7. The SMILES string of the molecule is C[C@H](NC(=O)C(N)(CCCN=C(N)N)C(=O)c1ccc(CNCc2ncc[nH]2)c2ccccc12)c1cccc2ccccc12. The molecule has 1 heterocycles. The van der Waals surface area contributed by atoms with E-state index in [-0.39, 0.29) is 18.9 Å². The molecule has 0 spiro atoms. The molecule has 0 saturated heterocycles. The smallest absolute Gasteiger partial charge is 0.248 e. The zero-order chi connectivity index (χ0) is 31.1. The van der Waals surface area contributed by atoms with Crippen LogP contribution in [0, 0.1) is 0 Å². The molecule has 9 N–H and O–H groups in total. The van der Waals surface area contributed by atoms with Gasteiger partial charge in [0.05, 0.1) is 12.6 Å². The van der Waals surface area contributed by atoms with Crippen LogP contribution in [0.1, 0.15) is 53.1 Å². The lowest BCUT2D eigenvalue weighted by molar-refractivity contribution is -0.125. The van der Waals surface area contributed by atoms with Crippen LogP contribution < -0.4 is 27.8 Å². The van der Waals surface area contributed by atoms with Crippen molar-refractivity contribution in [3.63, 3.8) is 0 Å². The molecule has 1 aromatic heterocycles. The second-order valence-corrected chi connectivity index (χ2v) is 10.9. The van der Waals surface area contributed by atoms with Gasteiger partial charge in [0.25, 0.3) is 0 Å². The number of H-pyrrole nitrogens is 1. The van der Waals surface area contributed by atoms with Crippen molar-refractivity contribution in [1.29, 1.82) is 0 Å². The van der Waals surface area contributed by atoms with Crippen LogP contribution in [0.4, 0.5) is 0 Å². The summed E-state index contributed by atoms with van der Waals surface area (Å²) in [4.78, 5) is 39.7. The molecule has 0 aliphatic rings. The minimum absolute atomic E-state index is 0.0531. The van der Waals surface area contributed by atoms with E-state index >= 15 is 0 Å². The number of aromatic amines is 1. The number of rotatable bonds is 13. The lowest BCUT2D eigenvalue weighted by Gasteiger charge is -2.29. The number of nitrogens with one attached hydrogen (secondary N) is 3. The monoisotopic (exact) mass is 590 g/mol. The van der Waals surface area contributed by atoms with Crippen molar-refractivity contribution in [3.8, 4) is 0 Å². The van der Waals surface area contributed by atoms with Crippen LogP contribution in [0.5, 0.6) is 0 Å². The maximum Gasteiger partial charge on any atom is 0.248 e. The Morgan fingerprint density at radius 3 is 2.41 bits per heavy atom. The van der Waals surface area contributed by atoms with Gasteiger partial charge in [0, 0.05) is 31.0 Å². The fourth-order valence-corrected chi connectivity index (χ4v) is 5.59. The molecule has 44 heavy (non-hydrogen) atoms. The number of carbonyl (C=O) groups is 2. The summed E-state index contributed by atoms with van der Waals surface area (Å²) in [6.45, 7) is 3.26. The van der Waals surface area contributed by atoms with Crippen molar-refractivity contribution in [3.05, 3.63) is 114 Å². The summed E-state index contributed by atoms with van der Waals surface area (Å²) >= 11 is 0. The predicted octanol–water partition coefficient (Wildman–Crippen LogP) is 3.82. The van der Waals surface area contributed by atoms with Gasteiger partial charge in [0.1, 0.15) is 5.82 Å².